The Labute approximate surface area is 178 Å². The molecule has 4 nitrogen and oxygen atoms in total. The van der Waals surface area contributed by atoms with Gasteiger partial charge in [-0.25, -0.2) is 4.57 Å². The van der Waals surface area contributed by atoms with Crippen LogP contribution in [0.4, 0.5) is 0 Å². The first-order valence-corrected chi connectivity index (χ1v) is 12.1. The molecule has 0 aromatic heterocycles. The van der Waals surface area contributed by atoms with E-state index in [0.717, 1.165) is 35.1 Å². The average Bonchev–Trinajstić information content (AvgIpc) is 3.07. The van der Waals surface area contributed by atoms with Crippen molar-refractivity contribution < 1.29 is 13.6 Å². The summed E-state index contributed by atoms with van der Waals surface area (Å²) in [6, 6.07) is 25.5. The number of hydrogen-bond donors (Lipinski definition) is 1. The van der Waals surface area contributed by atoms with Crippen molar-refractivity contribution in [2.45, 2.75) is 32.0 Å². The van der Waals surface area contributed by atoms with Crippen LogP contribution in [0, 0.1) is 0 Å². The molecule has 1 atom stereocenters. The molecule has 0 bridgehead atoms. The normalized spacial score (nSPS) is 15.8. The largest absolute Gasteiger partial charge is 0.423 e. The minimum absolute atomic E-state index is 0.283. The van der Waals surface area contributed by atoms with Gasteiger partial charge in [0.05, 0.1) is 6.61 Å². The van der Waals surface area contributed by atoms with Crippen LogP contribution in [-0.2, 0) is 14.4 Å². The van der Waals surface area contributed by atoms with Crippen LogP contribution in [0.1, 0.15) is 37.8 Å². The van der Waals surface area contributed by atoms with Gasteiger partial charge >= 0.3 is 7.60 Å². The number of unbranched alkanes of at least 4 members (excludes halogenated alkanes) is 1. The van der Waals surface area contributed by atoms with Gasteiger partial charge in [-0.05, 0) is 54.3 Å². The lowest BCUT2D eigenvalue weighted by molar-refractivity contribution is 0.248. The molecule has 156 valence electrons. The Hall–Kier alpha value is -2.39. The fourth-order valence-corrected chi connectivity index (χ4v) is 6.63. The molecule has 1 unspecified atom stereocenters. The first-order valence-electron chi connectivity index (χ1n) is 10.6. The molecule has 3 aromatic rings. The van der Waals surface area contributed by atoms with E-state index in [0.29, 0.717) is 12.3 Å². The molecule has 0 heterocycles. The molecule has 0 fully saturated rings. The predicted molar refractivity (Wildman–Crippen MR) is 122 cm³/mol. The quantitative estimate of drug-likeness (QED) is 0.314. The van der Waals surface area contributed by atoms with E-state index in [9.17, 15) is 4.57 Å². The summed E-state index contributed by atoms with van der Waals surface area (Å²) >= 11 is 0. The van der Waals surface area contributed by atoms with Crippen molar-refractivity contribution >= 4 is 7.60 Å². The molecule has 4 rings (SSSR count). The van der Waals surface area contributed by atoms with Gasteiger partial charge in [-0.3, -0.25) is 9.84 Å². The van der Waals surface area contributed by atoms with E-state index < -0.39 is 12.9 Å². The second-order valence-electron chi connectivity index (χ2n) is 7.40. The maximum Gasteiger partial charge on any atom is 0.408 e. The van der Waals surface area contributed by atoms with Gasteiger partial charge in [0.25, 0.3) is 0 Å². The van der Waals surface area contributed by atoms with Crippen LogP contribution in [0.3, 0.4) is 0 Å². The Morgan fingerprint density at radius 2 is 1.40 bits per heavy atom. The average molecular weight is 421 g/mol. The van der Waals surface area contributed by atoms with Crippen molar-refractivity contribution in [3.8, 4) is 16.9 Å². The highest BCUT2D eigenvalue weighted by Crippen LogP contribution is 2.70. The number of fused-ring (bicyclic) bond motifs is 3. The Morgan fingerprint density at radius 3 is 1.97 bits per heavy atom. The van der Waals surface area contributed by atoms with Crippen molar-refractivity contribution in [2.24, 2.45) is 0 Å². The zero-order valence-electron chi connectivity index (χ0n) is 17.5. The van der Waals surface area contributed by atoms with Crippen LogP contribution < -0.4 is 9.84 Å². The van der Waals surface area contributed by atoms with Gasteiger partial charge in [0.1, 0.15) is 5.75 Å². The highest BCUT2D eigenvalue weighted by atomic mass is 31.2. The van der Waals surface area contributed by atoms with Gasteiger partial charge in [0.2, 0.25) is 0 Å². The van der Waals surface area contributed by atoms with Gasteiger partial charge in [0, 0.05) is 0 Å². The fourth-order valence-electron chi connectivity index (χ4n) is 4.22. The smallest absolute Gasteiger partial charge is 0.408 e. The predicted octanol–water partition coefficient (Wildman–Crippen LogP) is 6.57. The monoisotopic (exact) mass is 421 g/mol. The fraction of sp³-hybridized carbons (Fsp3) is 0.280. The summed E-state index contributed by atoms with van der Waals surface area (Å²) in [4.78, 5) is 0. The molecule has 30 heavy (non-hydrogen) atoms. The summed E-state index contributed by atoms with van der Waals surface area (Å²) in [7, 11) is -3.74. The SMILES string of the molecule is CCCCNC1(P(=O)(OCC)Oc2ccccc2)c2ccccc2-c2ccccc21. The van der Waals surface area contributed by atoms with E-state index in [1.165, 1.54) is 0 Å². The van der Waals surface area contributed by atoms with Gasteiger partial charge < -0.3 is 4.52 Å². The molecule has 3 aromatic carbocycles. The van der Waals surface area contributed by atoms with E-state index in [2.05, 4.69) is 24.4 Å². The lowest BCUT2D eigenvalue weighted by Crippen LogP contribution is -2.44. The minimum atomic E-state index is -3.74. The van der Waals surface area contributed by atoms with Gasteiger partial charge in [-0.15, -0.1) is 0 Å². The van der Waals surface area contributed by atoms with Gasteiger partial charge in [-0.1, -0.05) is 80.1 Å². The van der Waals surface area contributed by atoms with Crippen molar-refractivity contribution in [2.75, 3.05) is 13.2 Å². The van der Waals surface area contributed by atoms with E-state index in [1.807, 2.05) is 73.7 Å². The third-order valence-corrected chi connectivity index (χ3v) is 8.02. The number of hydrogen-bond acceptors (Lipinski definition) is 4. The van der Waals surface area contributed by atoms with Crippen molar-refractivity contribution in [1.29, 1.82) is 0 Å². The molecule has 1 N–H and O–H groups in total. The lowest BCUT2D eigenvalue weighted by Gasteiger charge is -2.38. The van der Waals surface area contributed by atoms with Crippen molar-refractivity contribution in [3.63, 3.8) is 0 Å². The molecule has 0 saturated carbocycles. The third-order valence-electron chi connectivity index (χ3n) is 5.51. The second kappa shape index (κ2) is 8.77. The first kappa shape index (κ1) is 20.9. The third kappa shape index (κ3) is 3.39. The zero-order valence-corrected chi connectivity index (χ0v) is 18.4. The van der Waals surface area contributed by atoms with Crippen LogP contribution in [0.15, 0.2) is 78.9 Å². The second-order valence-corrected chi connectivity index (χ2v) is 9.51. The first-order chi connectivity index (χ1) is 14.7. The minimum Gasteiger partial charge on any atom is -0.423 e. The molecule has 0 amide bonds. The molecule has 0 radical (unpaired) electrons. The Morgan fingerprint density at radius 1 is 0.833 bits per heavy atom. The molecule has 0 spiro atoms. The van der Waals surface area contributed by atoms with Crippen molar-refractivity contribution in [1.82, 2.24) is 5.32 Å². The highest BCUT2D eigenvalue weighted by Gasteiger charge is 2.59. The van der Waals surface area contributed by atoms with E-state index in [4.69, 9.17) is 9.05 Å². The van der Waals surface area contributed by atoms with Crippen LogP contribution in [0.5, 0.6) is 5.75 Å². The van der Waals surface area contributed by atoms with E-state index in [-0.39, 0.29) is 6.61 Å². The Bertz CT molecular complexity index is 1010. The van der Waals surface area contributed by atoms with Crippen LogP contribution in [0.2, 0.25) is 0 Å². The number of nitrogens with one attached hydrogen (secondary N) is 1. The number of para-hydroxylation sites is 1. The topological polar surface area (TPSA) is 47.6 Å². The molecule has 1 aliphatic rings. The standard InChI is InChI=1S/C25H28NO3P/c1-3-5-19-26-25(30(27,28-4-2)29-20-13-7-6-8-14-20)23-17-11-9-15-21(23)22-16-10-12-18-24(22)25/h6-18,26H,3-5,19H2,1-2H3. The van der Waals surface area contributed by atoms with Crippen LogP contribution >= 0.6 is 7.60 Å². The Kier molecular flexibility index (Phi) is 6.10. The van der Waals surface area contributed by atoms with Gasteiger partial charge in [-0.2, -0.15) is 0 Å². The van der Waals surface area contributed by atoms with Crippen LogP contribution in [-0.4, -0.2) is 13.2 Å². The summed E-state index contributed by atoms with van der Waals surface area (Å²) < 4.78 is 27.0. The van der Waals surface area contributed by atoms with Crippen LogP contribution in [0.25, 0.3) is 11.1 Å². The maximum absolute atomic E-state index is 14.7. The summed E-state index contributed by atoms with van der Waals surface area (Å²) in [5.74, 6) is 0.535. The van der Waals surface area contributed by atoms with E-state index in [1.54, 1.807) is 0 Å². The van der Waals surface area contributed by atoms with Crippen molar-refractivity contribution in [3.05, 3.63) is 90.0 Å². The summed E-state index contributed by atoms with van der Waals surface area (Å²) in [6.07, 6.45) is 1.99. The summed E-state index contributed by atoms with van der Waals surface area (Å²) in [5.41, 5.74) is 4.01. The summed E-state index contributed by atoms with van der Waals surface area (Å²) in [6.45, 7) is 4.99. The number of rotatable bonds is 9. The molecular formula is C25H28NO3P. The number of benzene rings is 3. The molecule has 0 saturated heterocycles. The summed E-state index contributed by atoms with van der Waals surface area (Å²) in [5, 5.41) is 2.57. The lowest BCUT2D eigenvalue weighted by atomic mass is 10.0. The Balaban J connectivity index is 1.96. The maximum atomic E-state index is 14.7. The van der Waals surface area contributed by atoms with Gasteiger partial charge in [0.15, 0.2) is 5.28 Å². The molecule has 0 aliphatic heterocycles. The highest BCUT2D eigenvalue weighted by molar-refractivity contribution is 7.56. The van der Waals surface area contributed by atoms with E-state index >= 15 is 0 Å². The molecule has 5 heteroatoms. The molecular weight excluding hydrogens is 393 g/mol. The molecule has 1 aliphatic carbocycles. The zero-order chi connectivity index (χ0) is 21.0.